The van der Waals surface area contributed by atoms with E-state index < -0.39 is 0 Å². The molecule has 0 saturated heterocycles. The Morgan fingerprint density at radius 1 is 1.33 bits per heavy atom. The zero-order valence-corrected chi connectivity index (χ0v) is 12.8. The first kappa shape index (κ1) is 15.6. The SMILES string of the molecule is CCNC(Cc1cncs1)C(CC)(CC)OCC. The first-order valence-corrected chi connectivity index (χ1v) is 7.85. The second-order valence-electron chi connectivity index (χ2n) is 4.49. The lowest BCUT2D eigenvalue weighted by atomic mass is 9.85. The number of aromatic nitrogens is 1. The summed E-state index contributed by atoms with van der Waals surface area (Å²) in [5, 5.41) is 3.60. The standard InChI is InChI=1S/C14H26N2OS/c1-5-14(6-2,17-8-4)13(16-7-3)9-12-10-15-11-18-12/h10-11,13,16H,5-9H2,1-4H3. The van der Waals surface area contributed by atoms with E-state index in [4.69, 9.17) is 4.74 Å². The molecule has 0 aliphatic heterocycles. The van der Waals surface area contributed by atoms with Crippen molar-refractivity contribution in [1.29, 1.82) is 0 Å². The van der Waals surface area contributed by atoms with Gasteiger partial charge in [-0.15, -0.1) is 11.3 Å². The van der Waals surface area contributed by atoms with Crippen LogP contribution in [0.15, 0.2) is 11.7 Å². The molecule has 1 aromatic rings. The van der Waals surface area contributed by atoms with Gasteiger partial charge in [-0.3, -0.25) is 4.98 Å². The third-order valence-electron chi connectivity index (χ3n) is 3.60. The Morgan fingerprint density at radius 3 is 2.50 bits per heavy atom. The van der Waals surface area contributed by atoms with E-state index in [0.29, 0.717) is 6.04 Å². The number of hydrogen-bond donors (Lipinski definition) is 1. The molecule has 0 spiro atoms. The van der Waals surface area contributed by atoms with Crippen LogP contribution in [-0.2, 0) is 11.2 Å². The maximum atomic E-state index is 6.11. The average Bonchev–Trinajstić information content (AvgIpc) is 2.89. The summed E-state index contributed by atoms with van der Waals surface area (Å²) in [7, 11) is 0. The lowest BCUT2D eigenvalue weighted by Gasteiger charge is -2.39. The largest absolute Gasteiger partial charge is 0.374 e. The molecule has 1 heterocycles. The van der Waals surface area contributed by atoms with E-state index in [-0.39, 0.29) is 5.60 Å². The number of ether oxygens (including phenoxy) is 1. The Labute approximate surface area is 115 Å². The summed E-state index contributed by atoms with van der Waals surface area (Å²) < 4.78 is 6.11. The predicted molar refractivity (Wildman–Crippen MR) is 78.2 cm³/mol. The van der Waals surface area contributed by atoms with Crippen LogP contribution in [0.5, 0.6) is 0 Å². The van der Waals surface area contributed by atoms with Gasteiger partial charge in [0.15, 0.2) is 0 Å². The lowest BCUT2D eigenvalue weighted by Crippen LogP contribution is -2.53. The Kier molecular flexibility index (Phi) is 6.82. The minimum atomic E-state index is -0.0608. The van der Waals surface area contributed by atoms with Crippen molar-refractivity contribution in [1.82, 2.24) is 10.3 Å². The molecule has 104 valence electrons. The van der Waals surface area contributed by atoms with Crippen molar-refractivity contribution in [2.75, 3.05) is 13.2 Å². The molecule has 1 unspecified atom stereocenters. The lowest BCUT2D eigenvalue weighted by molar-refractivity contribution is -0.0714. The van der Waals surface area contributed by atoms with Crippen LogP contribution in [0, 0.1) is 0 Å². The van der Waals surface area contributed by atoms with Crippen LogP contribution in [0.3, 0.4) is 0 Å². The van der Waals surface area contributed by atoms with Gasteiger partial charge in [-0.2, -0.15) is 0 Å². The van der Waals surface area contributed by atoms with E-state index in [1.54, 1.807) is 11.3 Å². The molecular formula is C14H26N2OS. The average molecular weight is 270 g/mol. The minimum absolute atomic E-state index is 0.0608. The molecule has 4 heteroatoms. The third kappa shape index (κ3) is 3.77. The molecule has 18 heavy (non-hydrogen) atoms. The van der Waals surface area contributed by atoms with E-state index >= 15 is 0 Å². The molecule has 0 aliphatic rings. The number of nitrogens with zero attached hydrogens (tertiary/aromatic N) is 1. The summed E-state index contributed by atoms with van der Waals surface area (Å²) >= 11 is 1.73. The highest BCUT2D eigenvalue weighted by atomic mass is 32.1. The van der Waals surface area contributed by atoms with Crippen molar-refractivity contribution in [3.8, 4) is 0 Å². The van der Waals surface area contributed by atoms with Gasteiger partial charge in [-0.25, -0.2) is 0 Å². The normalized spacial score (nSPS) is 13.8. The van der Waals surface area contributed by atoms with Crippen LogP contribution >= 0.6 is 11.3 Å². The summed E-state index contributed by atoms with van der Waals surface area (Å²) in [4.78, 5) is 5.49. The van der Waals surface area contributed by atoms with Crippen LogP contribution in [0.1, 0.15) is 45.4 Å². The zero-order chi connectivity index (χ0) is 13.4. The molecule has 0 amide bonds. The van der Waals surface area contributed by atoms with Gasteiger partial charge in [0, 0.05) is 30.1 Å². The fourth-order valence-corrected chi connectivity index (χ4v) is 3.21. The summed E-state index contributed by atoms with van der Waals surface area (Å²) in [6.45, 7) is 10.4. The first-order chi connectivity index (χ1) is 8.72. The highest BCUT2D eigenvalue weighted by molar-refractivity contribution is 7.09. The smallest absolute Gasteiger partial charge is 0.0832 e. The number of hydrogen-bond acceptors (Lipinski definition) is 4. The van der Waals surface area contributed by atoms with E-state index in [0.717, 1.165) is 32.4 Å². The second kappa shape index (κ2) is 7.87. The molecule has 1 N–H and O–H groups in total. The Morgan fingerprint density at radius 2 is 2.06 bits per heavy atom. The number of nitrogens with one attached hydrogen (secondary N) is 1. The maximum absolute atomic E-state index is 6.11. The summed E-state index contributed by atoms with van der Waals surface area (Å²) in [6.07, 6.45) is 5.04. The van der Waals surface area contributed by atoms with Crippen LogP contribution in [-0.4, -0.2) is 29.8 Å². The van der Waals surface area contributed by atoms with E-state index in [2.05, 4.69) is 38.0 Å². The molecule has 1 rings (SSSR count). The molecule has 1 atom stereocenters. The maximum Gasteiger partial charge on any atom is 0.0832 e. The van der Waals surface area contributed by atoms with Gasteiger partial charge >= 0.3 is 0 Å². The Balaban J connectivity index is 2.85. The van der Waals surface area contributed by atoms with Crippen molar-refractivity contribution >= 4 is 11.3 Å². The molecular weight excluding hydrogens is 244 g/mol. The van der Waals surface area contributed by atoms with Gasteiger partial charge in [0.25, 0.3) is 0 Å². The summed E-state index contributed by atoms with van der Waals surface area (Å²) in [5.74, 6) is 0. The van der Waals surface area contributed by atoms with E-state index in [9.17, 15) is 0 Å². The molecule has 0 aromatic carbocycles. The van der Waals surface area contributed by atoms with Crippen molar-refractivity contribution in [3.63, 3.8) is 0 Å². The topological polar surface area (TPSA) is 34.2 Å². The van der Waals surface area contributed by atoms with Crippen molar-refractivity contribution in [2.24, 2.45) is 0 Å². The first-order valence-electron chi connectivity index (χ1n) is 6.97. The molecule has 0 bridgehead atoms. The van der Waals surface area contributed by atoms with Gasteiger partial charge in [-0.1, -0.05) is 20.8 Å². The molecule has 0 radical (unpaired) electrons. The summed E-state index contributed by atoms with van der Waals surface area (Å²) in [5.41, 5.74) is 1.84. The van der Waals surface area contributed by atoms with Crippen LogP contribution in [0.4, 0.5) is 0 Å². The number of rotatable bonds is 9. The van der Waals surface area contributed by atoms with E-state index in [1.807, 2.05) is 11.7 Å². The highest BCUT2D eigenvalue weighted by Gasteiger charge is 2.36. The summed E-state index contributed by atoms with van der Waals surface area (Å²) in [6, 6.07) is 0.359. The van der Waals surface area contributed by atoms with Crippen LogP contribution in [0.25, 0.3) is 0 Å². The highest BCUT2D eigenvalue weighted by Crippen LogP contribution is 2.28. The Hall–Kier alpha value is -0.450. The number of likely N-dealkylation sites (N-methyl/N-ethyl adjacent to an activating group) is 1. The third-order valence-corrected chi connectivity index (χ3v) is 4.41. The minimum Gasteiger partial charge on any atom is -0.374 e. The zero-order valence-electron chi connectivity index (χ0n) is 12.0. The monoisotopic (exact) mass is 270 g/mol. The molecule has 0 saturated carbocycles. The van der Waals surface area contributed by atoms with Gasteiger partial charge in [0.2, 0.25) is 0 Å². The molecule has 0 aliphatic carbocycles. The van der Waals surface area contributed by atoms with Crippen LogP contribution in [0.2, 0.25) is 0 Å². The second-order valence-corrected chi connectivity index (χ2v) is 5.46. The van der Waals surface area contributed by atoms with Crippen molar-refractivity contribution in [3.05, 3.63) is 16.6 Å². The Bertz CT molecular complexity index is 310. The van der Waals surface area contributed by atoms with E-state index in [1.165, 1.54) is 4.88 Å². The molecule has 1 aromatic heterocycles. The van der Waals surface area contributed by atoms with Crippen molar-refractivity contribution < 1.29 is 4.74 Å². The van der Waals surface area contributed by atoms with Gasteiger partial charge in [0.05, 0.1) is 11.1 Å². The number of thiazole rings is 1. The fourth-order valence-electron chi connectivity index (χ4n) is 2.57. The quantitative estimate of drug-likeness (QED) is 0.748. The molecule has 3 nitrogen and oxygen atoms in total. The fraction of sp³-hybridized carbons (Fsp3) is 0.786. The predicted octanol–water partition coefficient (Wildman–Crippen LogP) is 3.26. The van der Waals surface area contributed by atoms with Gasteiger partial charge in [-0.05, 0) is 26.3 Å². The van der Waals surface area contributed by atoms with Crippen molar-refractivity contribution in [2.45, 2.75) is 58.6 Å². The van der Waals surface area contributed by atoms with Gasteiger partial charge < -0.3 is 10.1 Å². The molecule has 0 fully saturated rings. The van der Waals surface area contributed by atoms with Crippen LogP contribution < -0.4 is 5.32 Å². The van der Waals surface area contributed by atoms with Gasteiger partial charge in [0.1, 0.15) is 0 Å².